The molecule has 158 valence electrons. The summed E-state index contributed by atoms with van der Waals surface area (Å²) in [7, 11) is 1.60. The van der Waals surface area contributed by atoms with Crippen molar-refractivity contribution in [3.05, 3.63) is 95.9 Å². The topological polar surface area (TPSA) is 43.3 Å². The Morgan fingerprint density at radius 2 is 1.87 bits per heavy atom. The minimum Gasteiger partial charge on any atom is -0.497 e. The molecule has 6 heteroatoms. The zero-order chi connectivity index (χ0) is 21.6. The van der Waals surface area contributed by atoms with Gasteiger partial charge in [0.05, 0.1) is 7.11 Å². The Hall–Kier alpha value is -3.25. The van der Waals surface area contributed by atoms with Gasteiger partial charge in [-0.15, -0.1) is 11.8 Å². The second kappa shape index (κ2) is 9.71. The molecule has 0 radical (unpaired) electrons. The summed E-state index contributed by atoms with van der Waals surface area (Å²) in [6.45, 7) is 1.17. The number of amides is 1. The number of carbonyl (C=O) groups excluding carboxylic acids is 1. The van der Waals surface area contributed by atoms with Crippen molar-refractivity contribution in [2.45, 2.75) is 17.2 Å². The molecule has 0 atom stereocenters. The highest BCUT2D eigenvalue weighted by atomic mass is 32.2. The monoisotopic (exact) mass is 434 g/mol. The Labute approximate surface area is 185 Å². The van der Waals surface area contributed by atoms with E-state index in [2.05, 4.69) is 28.2 Å². The average molecular weight is 435 g/mol. The molecule has 1 N–H and O–H groups in total. The van der Waals surface area contributed by atoms with Crippen molar-refractivity contribution in [2.24, 2.45) is 0 Å². The minimum atomic E-state index is -0.215. The molecule has 31 heavy (non-hydrogen) atoms. The number of carbonyl (C=O) groups is 1. The first kappa shape index (κ1) is 21.0. The highest BCUT2D eigenvalue weighted by Crippen LogP contribution is 2.32. The predicted molar refractivity (Wildman–Crippen MR) is 123 cm³/mol. The first-order valence-electron chi connectivity index (χ1n) is 10.0. The second-order valence-corrected chi connectivity index (χ2v) is 8.12. The van der Waals surface area contributed by atoms with E-state index >= 15 is 0 Å². The molecule has 0 aliphatic rings. The number of halogens is 1. The number of thioether (sulfide) groups is 1. The minimum absolute atomic E-state index is 0.111. The molecule has 1 heterocycles. The summed E-state index contributed by atoms with van der Waals surface area (Å²) >= 11 is 1.69. The molecule has 0 saturated heterocycles. The zero-order valence-electron chi connectivity index (χ0n) is 17.2. The molecule has 0 saturated carbocycles. The van der Waals surface area contributed by atoms with Gasteiger partial charge in [0.1, 0.15) is 11.6 Å². The third kappa shape index (κ3) is 5.09. The molecule has 0 spiro atoms. The summed E-state index contributed by atoms with van der Waals surface area (Å²) in [6, 6.07) is 21.9. The summed E-state index contributed by atoms with van der Waals surface area (Å²) in [6.07, 6.45) is 2.11. The zero-order valence-corrected chi connectivity index (χ0v) is 18.0. The smallest absolute Gasteiger partial charge is 0.251 e. The number of nitrogens with one attached hydrogen (secondary N) is 1. The summed E-state index contributed by atoms with van der Waals surface area (Å²) in [5, 5.41) is 4.13. The molecular weight excluding hydrogens is 411 g/mol. The van der Waals surface area contributed by atoms with Crippen molar-refractivity contribution < 1.29 is 13.9 Å². The lowest BCUT2D eigenvalue weighted by molar-refractivity contribution is 0.0952. The van der Waals surface area contributed by atoms with E-state index in [1.807, 2.05) is 18.2 Å². The molecule has 1 amide bonds. The molecule has 0 fully saturated rings. The molecule has 4 rings (SSSR count). The van der Waals surface area contributed by atoms with Gasteiger partial charge in [-0.3, -0.25) is 4.79 Å². The summed E-state index contributed by atoms with van der Waals surface area (Å²) in [4.78, 5) is 13.5. The Bertz CT molecular complexity index is 1190. The van der Waals surface area contributed by atoms with Gasteiger partial charge in [-0.1, -0.05) is 30.3 Å². The molecule has 1 aromatic heterocycles. The van der Waals surface area contributed by atoms with Crippen LogP contribution in [0.1, 0.15) is 15.9 Å². The van der Waals surface area contributed by atoms with E-state index in [0.29, 0.717) is 24.4 Å². The fourth-order valence-corrected chi connectivity index (χ4v) is 4.47. The van der Waals surface area contributed by atoms with Gasteiger partial charge in [0, 0.05) is 46.4 Å². The normalized spacial score (nSPS) is 10.9. The van der Waals surface area contributed by atoms with E-state index in [1.54, 1.807) is 55.3 Å². The van der Waals surface area contributed by atoms with Crippen LogP contribution >= 0.6 is 11.8 Å². The molecule has 0 aliphatic heterocycles. The number of para-hydroxylation sites is 1. The van der Waals surface area contributed by atoms with Crippen molar-refractivity contribution >= 4 is 28.6 Å². The number of methoxy groups -OCH3 is 1. The van der Waals surface area contributed by atoms with Crippen LogP contribution in [0.3, 0.4) is 0 Å². The summed E-state index contributed by atoms with van der Waals surface area (Å²) in [5.41, 5.74) is 2.67. The molecule has 0 unspecified atom stereocenters. The first-order chi connectivity index (χ1) is 15.1. The lowest BCUT2D eigenvalue weighted by atomic mass is 10.2. The Balaban J connectivity index is 1.42. The third-order valence-electron chi connectivity index (χ3n) is 5.03. The average Bonchev–Trinajstić information content (AvgIpc) is 3.15. The lowest BCUT2D eigenvalue weighted by Gasteiger charge is -2.08. The van der Waals surface area contributed by atoms with Crippen molar-refractivity contribution in [1.82, 2.24) is 9.88 Å². The van der Waals surface area contributed by atoms with E-state index in [-0.39, 0.29) is 11.7 Å². The van der Waals surface area contributed by atoms with Crippen molar-refractivity contribution in [2.75, 3.05) is 13.7 Å². The van der Waals surface area contributed by atoms with Crippen LogP contribution in [0.4, 0.5) is 4.39 Å². The van der Waals surface area contributed by atoms with Gasteiger partial charge in [-0.25, -0.2) is 4.39 Å². The van der Waals surface area contributed by atoms with Crippen molar-refractivity contribution in [3.8, 4) is 5.75 Å². The van der Waals surface area contributed by atoms with Gasteiger partial charge in [0.15, 0.2) is 0 Å². The number of hydrogen-bond acceptors (Lipinski definition) is 3. The van der Waals surface area contributed by atoms with Gasteiger partial charge in [-0.05, 0) is 48.0 Å². The number of benzene rings is 3. The molecule has 4 nitrogen and oxygen atoms in total. The van der Waals surface area contributed by atoms with Crippen LogP contribution in [0.15, 0.2) is 83.9 Å². The molecule has 0 aliphatic carbocycles. The standard InChI is InChI=1S/C25H23FN2O2S/c1-30-21-11-9-19(10-12-21)25(29)27-13-14-28-16-24(22-7-2-3-8-23(22)28)31-17-18-5-4-6-20(26)15-18/h2-12,15-16H,13-14,17H2,1H3,(H,27,29). The van der Waals surface area contributed by atoms with Crippen LogP contribution in [0, 0.1) is 5.82 Å². The van der Waals surface area contributed by atoms with Crippen molar-refractivity contribution in [3.63, 3.8) is 0 Å². The van der Waals surface area contributed by atoms with Gasteiger partial charge >= 0.3 is 0 Å². The number of ether oxygens (including phenoxy) is 1. The van der Waals surface area contributed by atoms with E-state index in [0.717, 1.165) is 27.1 Å². The van der Waals surface area contributed by atoms with E-state index < -0.39 is 0 Å². The van der Waals surface area contributed by atoms with E-state index in [9.17, 15) is 9.18 Å². The Kier molecular flexibility index (Phi) is 6.57. The first-order valence-corrected chi connectivity index (χ1v) is 11.0. The maximum atomic E-state index is 13.5. The van der Waals surface area contributed by atoms with E-state index in [1.165, 1.54) is 6.07 Å². The Morgan fingerprint density at radius 3 is 2.65 bits per heavy atom. The molecular formula is C25H23FN2O2S. The largest absolute Gasteiger partial charge is 0.497 e. The van der Waals surface area contributed by atoms with Gasteiger partial charge in [0.25, 0.3) is 5.91 Å². The van der Waals surface area contributed by atoms with Crippen LogP contribution in [0.5, 0.6) is 5.75 Å². The van der Waals surface area contributed by atoms with Gasteiger partial charge in [0.2, 0.25) is 0 Å². The Morgan fingerprint density at radius 1 is 1.06 bits per heavy atom. The van der Waals surface area contributed by atoms with Crippen LogP contribution in [0.25, 0.3) is 10.9 Å². The van der Waals surface area contributed by atoms with Gasteiger partial charge < -0.3 is 14.6 Å². The SMILES string of the molecule is COc1ccc(C(=O)NCCn2cc(SCc3cccc(F)c3)c3ccccc32)cc1. The maximum Gasteiger partial charge on any atom is 0.251 e. The predicted octanol–water partition coefficient (Wildman–Crippen LogP) is 5.51. The fraction of sp³-hybridized carbons (Fsp3) is 0.160. The number of rotatable bonds is 8. The number of fused-ring (bicyclic) bond motifs is 1. The van der Waals surface area contributed by atoms with Gasteiger partial charge in [-0.2, -0.15) is 0 Å². The number of hydrogen-bond donors (Lipinski definition) is 1. The van der Waals surface area contributed by atoms with Crippen LogP contribution < -0.4 is 10.1 Å². The van der Waals surface area contributed by atoms with Crippen molar-refractivity contribution in [1.29, 1.82) is 0 Å². The number of aromatic nitrogens is 1. The third-order valence-corrected chi connectivity index (χ3v) is 6.14. The van der Waals surface area contributed by atoms with Crippen LogP contribution in [-0.2, 0) is 12.3 Å². The molecule has 3 aromatic carbocycles. The highest BCUT2D eigenvalue weighted by Gasteiger charge is 2.10. The fourth-order valence-electron chi connectivity index (χ4n) is 3.44. The second-order valence-electron chi connectivity index (χ2n) is 7.11. The molecule has 0 bridgehead atoms. The summed E-state index contributed by atoms with van der Waals surface area (Å²) in [5.74, 6) is 1.09. The van der Waals surface area contributed by atoms with Crippen LogP contribution in [0.2, 0.25) is 0 Å². The van der Waals surface area contributed by atoms with E-state index in [4.69, 9.17) is 4.74 Å². The maximum absolute atomic E-state index is 13.5. The highest BCUT2D eigenvalue weighted by molar-refractivity contribution is 7.98. The lowest BCUT2D eigenvalue weighted by Crippen LogP contribution is -2.27. The van der Waals surface area contributed by atoms with Crippen LogP contribution in [-0.4, -0.2) is 24.1 Å². The summed E-state index contributed by atoms with van der Waals surface area (Å²) < 4.78 is 20.7. The molecule has 4 aromatic rings. The number of nitrogens with zero attached hydrogens (tertiary/aromatic N) is 1. The quantitative estimate of drug-likeness (QED) is 0.372.